The molecule has 8 heteroatoms. The molecule has 2 aromatic rings. The molecule has 1 aliphatic rings. The highest BCUT2D eigenvalue weighted by atomic mass is 32.2. The van der Waals surface area contributed by atoms with Crippen LogP contribution in [0, 0.1) is 17.6 Å². The van der Waals surface area contributed by atoms with Gasteiger partial charge in [-0.15, -0.1) is 11.8 Å². The third-order valence-electron chi connectivity index (χ3n) is 5.59. The van der Waals surface area contributed by atoms with E-state index in [9.17, 15) is 13.6 Å². The van der Waals surface area contributed by atoms with Crippen LogP contribution < -0.4 is 10.1 Å². The normalized spacial score (nSPS) is 22.7. The Hall–Kier alpha value is -2.19. The minimum atomic E-state index is -1.05. The number of carbonyl (C=O) groups is 1. The van der Waals surface area contributed by atoms with E-state index >= 15 is 0 Å². The molecule has 1 aromatic carbocycles. The van der Waals surface area contributed by atoms with Gasteiger partial charge in [-0.25, -0.2) is 9.37 Å². The Balaban J connectivity index is 1.99. The van der Waals surface area contributed by atoms with E-state index < -0.39 is 29.3 Å². The standard InChI is InChI=1S/C22H26F2N2O3S/c1-6-28-19-14(7-8-15(23)18(19)24)17-12(2)22(3,4)29-20(17)21(27)26-13-9-10-25-16(11-13)30-5/h7-12,17,20H,6H2,1-5H3,(H,25,26,27)/t12-,17-,20+/m1/s1. The molecule has 2 heterocycles. The van der Waals surface area contributed by atoms with Crippen molar-refractivity contribution in [3.05, 3.63) is 47.7 Å². The minimum Gasteiger partial charge on any atom is -0.490 e. The van der Waals surface area contributed by atoms with Gasteiger partial charge in [-0.3, -0.25) is 4.79 Å². The Kier molecular flexibility index (Phi) is 6.67. The van der Waals surface area contributed by atoms with Crippen molar-refractivity contribution < 1.29 is 23.0 Å². The SMILES string of the molecule is CCOc1c([C@@H]2[C@@H](C(=O)Nc3ccnc(SC)c3)OC(C)(C)[C@@H]2C)ccc(F)c1F. The average Bonchev–Trinajstić information content (AvgIpc) is 2.95. The zero-order chi connectivity index (χ0) is 22.1. The van der Waals surface area contributed by atoms with E-state index in [1.807, 2.05) is 27.0 Å². The monoisotopic (exact) mass is 436 g/mol. The molecule has 1 aliphatic heterocycles. The maximum absolute atomic E-state index is 14.5. The van der Waals surface area contributed by atoms with Crippen molar-refractivity contribution in [2.45, 2.75) is 50.3 Å². The number of nitrogens with one attached hydrogen (secondary N) is 1. The molecule has 0 bridgehead atoms. The van der Waals surface area contributed by atoms with Crippen LogP contribution in [-0.4, -0.2) is 35.5 Å². The maximum Gasteiger partial charge on any atom is 0.254 e. The number of halogens is 2. The van der Waals surface area contributed by atoms with Crippen molar-refractivity contribution in [3.63, 3.8) is 0 Å². The first-order valence-corrected chi connectivity index (χ1v) is 11.0. The number of benzene rings is 1. The van der Waals surface area contributed by atoms with Crippen LogP contribution in [0.2, 0.25) is 0 Å². The fraction of sp³-hybridized carbons (Fsp3) is 0.455. The van der Waals surface area contributed by atoms with Gasteiger partial charge in [-0.05, 0) is 51.1 Å². The number of nitrogens with zero attached hydrogens (tertiary/aromatic N) is 1. The van der Waals surface area contributed by atoms with Gasteiger partial charge in [-0.2, -0.15) is 4.39 Å². The van der Waals surface area contributed by atoms with Gasteiger partial charge in [-0.1, -0.05) is 13.0 Å². The summed E-state index contributed by atoms with van der Waals surface area (Å²) >= 11 is 1.46. The van der Waals surface area contributed by atoms with Crippen molar-refractivity contribution in [1.82, 2.24) is 4.98 Å². The molecule has 1 fully saturated rings. The van der Waals surface area contributed by atoms with Crippen LogP contribution in [0.25, 0.3) is 0 Å². The fourth-order valence-corrected chi connectivity index (χ4v) is 4.18. The molecule has 0 radical (unpaired) electrons. The van der Waals surface area contributed by atoms with Crippen molar-refractivity contribution in [1.29, 1.82) is 0 Å². The highest BCUT2D eigenvalue weighted by Crippen LogP contribution is 2.49. The summed E-state index contributed by atoms with van der Waals surface area (Å²) < 4.78 is 39.9. The molecule has 0 spiro atoms. The maximum atomic E-state index is 14.5. The van der Waals surface area contributed by atoms with Crippen LogP contribution in [0.3, 0.4) is 0 Å². The quantitative estimate of drug-likeness (QED) is 0.645. The largest absolute Gasteiger partial charge is 0.490 e. The molecule has 1 N–H and O–H groups in total. The molecule has 30 heavy (non-hydrogen) atoms. The third kappa shape index (κ3) is 4.30. The summed E-state index contributed by atoms with van der Waals surface area (Å²) in [4.78, 5) is 17.4. The molecule has 5 nitrogen and oxygen atoms in total. The molecule has 1 amide bonds. The number of anilines is 1. The number of thioether (sulfide) groups is 1. The smallest absolute Gasteiger partial charge is 0.254 e. The summed E-state index contributed by atoms with van der Waals surface area (Å²) in [5, 5.41) is 3.64. The third-order valence-corrected chi connectivity index (χ3v) is 6.23. The van der Waals surface area contributed by atoms with E-state index in [0.29, 0.717) is 11.3 Å². The van der Waals surface area contributed by atoms with Crippen LogP contribution in [0.1, 0.15) is 39.2 Å². The van der Waals surface area contributed by atoms with Gasteiger partial charge in [0.25, 0.3) is 5.91 Å². The summed E-state index contributed by atoms with van der Waals surface area (Å²) in [6.07, 6.45) is 2.61. The van der Waals surface area contributed by atoms with Gasteiger partial charge in [0.05, 0.1) is 17.2 Å². The van der Waals surface area contributed by atoms with Crippen LogP contribution in [0.15, 0.2) is 35.5 Å². The Bertz CT molecular complexity index is 939. The van der Waals surface area contributed by atoms with E-state index in [1.54, 1.807) is 25.3 Å². The van der Waals surface area contributed by atoms with Gasteiger partial charge in [0, 0.05) is 23.4 Å². The number of carbonyl (C=O) groups excluding carboxylic acids is 1. The summed E-state index contributed by atoms with van der Waals surface area (Å²) in [7, 11) is 0. The summed E-state index contributed by atoms with van der Waals surface area (Å²) in [6.45, 7) is 7.58. The summed E-state index contributed by atoms with van der Waals surface area (Å²) in [5.41, 5.74) is 0.367. The van der Waals surface area contributed by atoms with Gasteiger partial charge in [0.15, 0.2) is 11.6 Å². The highest BCUT2D eigenvalue weighted by molar-refractivity contribution is 7.98. The number of hydrogen-bond acceptors (Lipinski definition) is 5. The zero-order valence-electron chi connectivity index (χ0n) is 17.7. The number of amides is 1. The Morgan fingerprint density at radius 3 is 2.73 bits per heavy atom. The zero-order valence-corrected chi connectivity index (χ0v) is 18.5. The molecule has 1 aromatic heterocycles. The van der Waals surface area contributed by atoms with Crippen LogP contribution in [0.4, 0.5) is 14.5 Å². The van der Waals surface area contributed by atoms with Crippen molar-refractivity contribution in [2.75, 3.05) is 18.2 Å². The first-order valence-electron chi connectivity index (χ1n) is 9.79. The second-order valence-corrected chi connectivity index (χ2v) is 8.57. The molecular weight excluding hydrogens is 410 g/mol. The van der Waals surface area contributed by atoms with Crippen molar-refractivity contribution in [2.24, 2.45) is 5.92 Å². The lowest BCUT2D eigenvalue weighted by Gasteiger charge is -2.26. The first kappa shape index (κ1) is 22.5. The molecule has 162 valence electrons. The van der Waals surface area contributed by atoms with Crippen LogP contribution in [0.5, 0.6) is 5.75 Å². The number of pyridine rings is 1. The van der Waals surface area contributed by atoms with Gasteiger partial charge in [0.2, 0.25) is 5.82 Å². The average molecular weight is 437 g/mol. The minimum absolute atomic E-state index is 0.156. The summed E-state index contributed by atoms with van der Waals surface area (Å²) in [6, 6.07) is 6.01. The lowest BCUT2D eigenvalue weighted by molar-refractivity contribution is -0.131. The number of aromatic nitrogens is 1. The van der Waals surface area contributed by atoms with E-state index in [2.05, 4.69) is 10.3 Å². The Labute approximate surface area is 179 Å². The van der Waals surface area contributed by atoms with Crippen LogP contribution in [-0.2, 0) is 9.53 Å². The fourth-order valence-electron chi connectivity index (χ4n) is 3.76. The molecule has 0 aliphatic carbocycles. The number of ether oxygens (including phenoxy) is 2. The molecule has 0 unspecified atom stereocenters. The number of hydrogen-bond donors (Lipinski definition) is 1. The summed E-state index contributed by atoms with van der Waals surface area (Å²) in [5.74, 6) is -3.24. The second-order valence-electron chi connectivity index (χ2n) is 7.75. The van der Waals surface area contributed by atoms with Crippen molar-refractivity contribution >= 4 is 23.4 Å². The van der Waals surface area contributed by atoms with E-state index in [-0.39, 0.29) is 24.2 Å². The molecular formula is C22H26F2N2O3S. The van der Waals surface area contributed by atoms with E-state index in [1.165, 1.54) is 17.8 Å². The lowest BCUT2D eigenvalue weighted by Crippen LogP contribution is -2.33. The highest BCUT2D eigenvalue weighted by Gasteiger charge is 2.51. The Morgan fingerprint density at radius 1 is 1.33 bits per heavy atom. The number of rotatable bonds is 6. The van der Waals surface area contributed by atoms with Crippen molar-refractivity contribution in [3.8, 4) is 5.75 Å². The topological polar surface area (TPSA) is 60.5 Å². The predicted molar refractivity (Wildman–Crippen MR) is 113 cm³/mol. The lowest BCUT2D eigenvalue weighted by atomic mass is 9.78. The molecule has 1 saturated heterocycles. The van der Waals surface area contributed by atoms with Crippen LogP contribution >= 0.6 is 11.8 Å². The molecule has 3 atom stereocenters. The van der Waals surface area contributed by atoms with E-state index in [4.69, 9.17) is 9.47 Å². The van der Waals surface area contributed by atoms with Gasteiger partial charge < -0.3 is 14.8 Å². The predicted octanol–water partition coefficient (Wildman–Crippen LogP) is 5.02. The van der Waals surface area contributed by atoms with Gasteiger partial charge >= 0.3 is 0 Å². The second kappa shape index (κ2) is 8.89. The molecule has 3 rings (SSSR count). The van der Waals surface area contributed by atoms with Gasteiger partial charge in [0.1, 0.15) is 6.10 Å². The first-order chi connectivity index (χ1) is 14.2. The van der Waals surface area contributed by atoms with E-state index in [0.717, 1.165) is 11.1 Å². The Morgan fingerprint density at radius 2 is 2.07 bits per heavy atom. The molecule has 0 saturated carbocycles.